The molecule has 1 aliphatic rings. The largest absolute Gasteiger partial charge is 0.378 e. The van der Waals surface area contributed by atoms with Gasteiger partial charge in [-0.3, -0.25) is 9.59 Å². The molecule has 2 amide bonds. The molecular formula is C14H17N3O2S. The van der Waals surface area contributed by atoms with Crippen LogP contribution in [0.5, 0.6) is 0 Å². The lowest BCUT2D eigenvalue weighted by Crippen LogP contribution is -2.33. The van der Waals surface area contributed by atoms with Gasteiger partial charge >= 0.3 is 0 Å². The third kappa shape index (κ3) is 3.60. The number of nitrogens with zero attached hydrogens (tertiary/aromatic N) is 1. The van der Waals surface area contributed by atoms with Gasteiger partial charge in [0.1, 0.15) is 5.25 Å². The van der Waals surface area contributed by atoms with Gasteiger partial charge in [-0.2, -0.15) is 4.99 Å². The van der Waals surface area contributed by atoms with Crippen LogP contribution in [0.15, 0.2) is 29.3 Å². The zero-order valence-corrected chi connectivity index (χ0v) is 12.2. The number of rotatable bonds is 3. The van der Waals surface area contributed by atoms with Gasteiger partial charge in [-0.1, -0.05) is 37.7 Å². The van der Waals surface area contributed by atoms with Crippen LogP contribution in [0.2, 0.25) is 0 Å². The molecule has 1 heterocycles. The van der Waals surface area contributed by atoms with Crippen molar-refractivity contribution in [2.75, 3.05) is 5.32 Å². The number of carbonyl (C=O) groups excluding carboxylic acids is 2. The minimum absolute atomic E-state index is 0.0846. The topological polar surface area (TPSA) is 84.5 Å². The second kappa shape index (κ2) is 6.09. The number of benzene rings is 1. The number of amidine groups is 1. The standard InChI is InChI=1S/C14H17N3O2S/c1-8(2)9-3-5-10(6-4-9)16-13(19)11-7-12(18)17-14(15)20-11/h3-6,8,11H,7H2,1-2H3,(H,16,19)(H2,15,17,18)/t11-/m1/s1. The lowest BCUT2D eigenvalue weighted by Gasteiger charge is -2.18. The maximum absolute atomic E-state index is 12.1. The highest BCUT2D eigenvalue weighted by atomic mass is 32.2. The van der Waals surface area contributed by atoms with Gasteiger partial charge in [-0.25, -0.2) is 0 Å². The van der Waals surface area contributed by atoms with Gasteiger partial charge in [0, 0.05) is 5.69 Å². The Balaban J connectivity index is 2.01. The summed E-state index contributed by atoms with van der Waals surface area (Å²) in [5, 5.41) is 2.44. The number of anilines is 1. The Morgan fingerprint density at radius 2 is 2.05 bits per heavy atom. The molecular weight excluding hydrogens is 274 g/mol. The third-order valence-corrected chi connectivity index (χ3v) is 3.99. The number of hydrogen-bond acceptors (Lipinski definition) is 4. The van der Waals surface area contributed by atoms with Gasteiger partial charge in [-0.05, 0) is 23.6 Å². The van der Waals surface area contributed by atoms with E-state index in [9.17, 15) is 9.59 Å². The minimum atomic E-state index is -0.509. The van der Waals surface area contributed by atoms with E-state index in [0.717, 1.165) is 11.8 Å². The van der Waals surface area contributed by atoms with Crippen LogP contribution in [-0.4, -0.2) is 22.2 Å². The number of nitrogens with two attached hydrogens (primary N) is 1. The van der Waals surface area contributed by atoms with E-state index in [1.807, 2.05) is 24.3 Å². The number of aliphatic imine (C=N–C) groups is 1. The molecule has 0 radical (unpaired) electrons. The molecule has 1 aromatic rings. The molecule has 1 aromatic carbocycles. The first kappa shape index (κ1) is 14.6. The summed E-state index contributed by atoms with van der Waals surface area (Å²) in [6, 6.07) is 7.69. The van der Waals surface area contributed by atoms with E-state index in [1.165, 1.54) is 5.56 Å². The van der Waals surface area contributed by atoms with E-state index in [1.54, 1.807) is 0 Å². The second-order valence-electron chi connectivity index (χ2n) is 4.92. The van der Waals surface area contributed by atoms with Crippen LogP contribution in [0.4, 0.5) is 5.69 Å². The van der Waals surface area contributed by atoms with E-state index >= 15 is 0 Å². The molecule has 3 N–H and O–H groups in total. The Morgan fingerprint density at radius 3 is 2.60 bits per heavy atom. The van der Waals surface area contributed by atoms with Crippen LogP contribution in [0, 0.1) is 0 Å². The summed E-state index contributed by atoms with van der Waals surface area (Å²) < 4.78 is 0. The molecule has 5 nitrogen and oxygen atoms in total. The Bertz CT molecular complexity index is 552. The maximum atomic E-state index is 12.1. The fraction of sp³-hybridized carbons (Fsp3) is 0.357. The predicted molar refractivity (Wildman–Crippen MR) is 81.8 cm³/mol. The molecule has 6 heteroatoms. The molecule has 0 aromatic heterocycles. The molecule has 0 unspecified atom stereocenters. The number of carbonyl (C=O) groups is 2. The van der Waals surface area contributed by atoms with Gasteiger partial charge < -0.3 is 11.1 Å². The van der Waals surface area contributed by atoms with E-state index in [2.05, 4.69) is 24.2 Å². The number of nitrogens with one attached hydrogen (secondary N) is 1. The van der Waals surface area contributed by atoms with E-state index in [0.29, 0.717) is 11.6 Å². The summed E-state index contributed by atoms with van der Waals surface area (Å²) in [5.41, 5.74) is 7.44. The second-order valence-corrected chi connectivity index (χ2v) is 6.14. The monoisotopic (exact) mass is 291 g/mol. The summed E-state index contributed by atoms with van der Waals surface area (Å²) in [6.07, 6.45) is 0.0846. The lowest BCUT2D eigenvalue weighted by molar-refractivity contribution is -0.121. The van der Waals surface area contributed by atoms with Crippen LogP contribution in [-0.2, 0) is 9.59 Å². The van der Waals surface area contributed by atoms with Crippen LogP contribution in [0.1, 0.15) is 31.7 Å². The van der Waals surface area contributed by atoms with Crippen molar-refractivity contribution >= 4 is 34.4 Å². The normalized spacial score (nSPS) is 18.9. The Hall–Kier alpha value is -1.82. The molecule has 0 fully saturated rings. The first-order chi connectivity index (χ1) is 9.45. The van der Waals surface area contributed by atoms with E-state index in [4.69, 9.17) is 5.73 Å². The molecule has 0 saturated carbocycles. The molecule has 1 atom stereocenters. The minimum Gasteiger partial charge on any atom is -0.378 e. The Labute approximate surface area is 122 Å². The highest BCUT2D eigenvalue weighted by Crippen LogP contribution is 2.23. The van der Waals surface area contributed by atoms with Crippen molar-refractivity contribution in [1.82, 2.24) is 0 Å². The molecule has 1 aliphatic heterocycles. The number of amides is 2. The SMILES string of the molecule is CC(C)c1ccc(NC(=O)[C@H]2CC(=O)N=C(N)S2)cc1. The Morgan fingerprint density at radius 1 is 1.40 bits per heavy atom. The predicted octanol–water partition coefficient (Wildman–Crippen LogP) is 2.10. The summed E-state index contributed by atoms with van der Waals surface area (Å²) in [4.78, 5) is 27.0. The number of hydrogen-bond donors (Lipinski definition) is 2. The smallest absolute Gasteiger partial charge is 0.249 e. The van der Waals surface area contributed by atoms with Gasteiger partial charge in [0.25, 0.3) is 0 Å². The highest BCUT2D eigenvalue weighted by Gasteiger charge is 2.27. The molecule has 2 rings (SSSR count). The molecule has 20 heavy (non-hydrogen) atoms. The van der Waals surface area contributed by atoms with E-state index in [-0.39, 0.29) is 23.4 Å². The average molecular weight is 291 g/mol. The van der Waals surface area contributed by atoms with Crippen LogP contribution in [0.25, 0.3) is 0 Å². The summed E-state index contributed by atoms with van der Waals surface area (Å²) in [6.45, 7) is 4.22. The van der Waals surface area contributed by atoms with Crippen molar-refractivity contribution in [3.05, 3.63) is 29.8 Å². The zero-order chi connectivity index (χ0) is 14.7. The van der Waals surface area contributed by atoms with E-state index < -0.39 is 5.25 Å². The van der Waals surface area contributed by atoms with Gasteiger partial charge in [0.2, 0.25) is 11.8 Å². The summed E-state index contributed by atoms with van der Waals surface area (Å²) in [5.74, 6) is -0.127. The van der Waals surface area contributed by atoms with Crippen molar-refractivity contribution in [2.45, 2.75) is 31.4 Å². The molecule has 0 aliphatic carbocycles. The fourth-order valence-electron chi connectivity index (χ4n) is 1.86. The van der Waals surface area contributed by atoms with Crippen molar-refractivity contribution in [1.29, 1.82) is 0 Å². The van der Waals surface area contributed by atoms with Crippen molar-refractivity contribution in [3.63, 3.8) is 0 Å². The third-order valence-electron chi connectivity index (χ3n) is 3.00. The van der Waals surface area contributed by atoms with Crippen LogP contribution in [0.3, 0.4) is 0 Å². The van der Waals surface area contributed by atoms with Gasteiger partial charge in [-0.15, -0.1) is 0 Å². The van der Waals surface area contributed by atoms with Crippen LogP contribution < -0.4 is 11.1 Å². The fourth-order valence-corrected chi connectivity index (χ4v) is 2.70. The van der Waals surface area contributed by atoms with Crippen molar-refractivity contribution < 1.29 is 9.59 Å². The van der Waals surface area contributed by atoms with Gasteiger partial charge in [0.05, 0.1) is 6.42 Å². The molecule has 0 bridgehead atoms. The zero-order valence-electron chi connectivity index (χ0n) is 11.4. The quantitative estimate of drug-likeness (QED) is 0.893. The van der Waals surface area contributed by atoms with Gasteiger partial charge in [0.15, 0.2) is 5.17 Å². The molecule has 106 valence electrons. The first-order valence-electron chi connectivity index (χ1n) is 6.40. The van der Waals surface area contributed by atoms with Crippen molar-refractivity contribution in [2.24, 2.45) is 10.7 Å². The summed E-state index contributed by atoms with van der Waals surface area (Å²) in [7, 11) is 0. The lowest BCUT2D eigenvalue weighted by atomic mass is 10.0. The Kier molecular flexibility index (Phi) is 4.44. The molecule has 0 saturated heterocycles. The average Bonchev–Trinajstić information content (AvgIpc) is 2.38. The first-order valence-corrected chi connectivity index (χ1v) is 7.28. The molecule has 0 spiro atoms. The van der Waals surface area contributed by atoms with Crippen LogP contribution >= 0.6 is 11.8 Å². The maximum Gasteiger partial charge on any atom is 0.249 e. The summed E-state index contributed by atoms with van der Waals surface area (Å²) >= 11 is 1.12. The highest BCUT2D eigenvalue weighted by molar-refractivity contribution is 8.15. The van der Waals surface area contributed by atoms with Crippen molar-refractivity contribution in [3.8, 4) is 0 Å². The number of thioether (sulfide) groups is 1.